The van der Waals surface area contributed by atoms with Crippen LogP contribution < -0.4 is 10.2 Å². The van der Waals surface area contributed by atoms with Gasteiger partial charge in [-0.25, -0.2) is 0 Å². The first-order valence-electron chi connectivity index (χ1n) is 9.09. The van der Waals surface area contributed by atoms with E-state index in [9.17, 15) is 4.79 Å². The van der Waals surface area contributed by atoms with Gasteiger partial charge in [-0.3, -0.25) is 9.69 Å². The van der Waals surface area contributed by atoms with Crippen molar-refractivity contribution in [1.82, 2.24) is 10.2 Å². The van der Waals surface area contributed by atoms with Crippen LogP contribution in [0.2, 0.25) is 0 Å². The maximum Gasteiger partial charge on any atom is 0.234 e. The van der Waals surface area contributed by atoms with Gasteiger partial charge in [0.15, 0.2) is 0 Å². The molecule has 1 heterocycles. The summed E-state index contributed by atoms with van der Waals surface area (Å²) in [4.78, 5) is 17.0. The van der Waals surface area contributed by atoms with E-state index in [1.54, 1.807) is 0 Å². The molecule has 4 heteroatoms. The maximum atomic E-state index is 12.3. The molecule has 1 aromatic rings. The Balaban J connectivity index is 1.22. The van der Waals surface area contributed by atoms with Gasteiger partial charge in [-0.1, -0.05) is 24.6 Å². The number of para-hydroxylation sites is 1. The lowest BCUT2D eigenvalue weighted by Gasteiger charge is -2.36. The van der Waals surface area contributed by atoms with Crippen LogP contribution in [-0.4, -0.2) is 49.6 Å². The number of nitrogens with zero attached hydrogens (tertiary/aromatic N) is 2. The monoisotopic (exact) mass is 313 g/mol. The number of carbonyl (C=O) groups excluding carboxylic acids is 1. The highest BCUT2D eigenvalue weighted by Gasteiger charge is 2.40. The zero-order valence-corrected chi connectivity index (χ0v) is 13.8. The van der Waals surface area contributed by atoms with E-state index in [-0.39, 0.29) is 5.91 Å². The second-order valence-corrected chi connectivity index (χ2v) is 7.45. The molecule has 3 unspecified atom stereocenters. The number of fused-ring (bicyclic) bond motifs is 2. The van der Waals surface area contributed by atoms with Crippen molar-refractivity contribution in [3.63, 3.8) is 0 Å². The predicted octanol–water partition coefficient (Wildman–Crippen LogP) is 2.11. The summed E-state index contributed by atoms with van der Waals surface area (Å²) >= 11 is 0. The Hall–Kier alpha value is -1.55. The van der Waals surface area contributed by atoms with Crippen LogP contribution in [0, 0.1) is 11.8 Å². The fourth-order valence-electron chi connectivity index (χ4n) is 4.68. The average molecular weight is 313 g/mol. The number of anilines is 1. The summed E-state index contributed by atoms with van der Waals surface area (Å²) in [6.45, 7) is 4.52. The zero-order valence-electron chi connectivity index (χ0n) is 13.8. The number of rotatable bonds is 4. The highest BCUT2D eigenvalue weighted by Crippen LogP contribution is 2.44. The molecule has 1 aliphatic heterocycles. The first-order chi connectivity index (χ1) is 11.3. The largest absolute Gasteiger partial charge is 0.369 e. The molecule has 0 spiro atoms. The number of hydrogen-bond acceptors (Lipinski definition) is 3. The number of benzene rings is 1. The van der Waals surface area contributed by atoms with Crippen LogP contribution in [-0.2, 0) is 4.79 Å². The van der Waals surface area contributed by atoms with Gasteiger partial charge in [-0.15, -0.1) is 0 Å². The van der Waals surface area contributed by atoms with Gasteiger partial charge in [0, 0.05) is 37.9 Å². The van der Waals surface area contributed by atoms with Crippen LogP contribution in [0.25, 0.3) is 0 Å². The summed E-state index contributed by atoms with van der Waals surface area (Å²) in [7, 11) is 0. The molecule has 3 fully saturated rings. The van der Waals surface area contributed by atoms with Crippen LogP contribution in [0.4, 0.5) is 5.69 Å². The van der Waals surface area contributed by atoms with Crippen molar-refractivity contribution in [2.75, 3.05) is 37.6 Å². The second-order valence-electron chi connectivity index (χ2n) is 7.45. The van der Waals surface area contributed by atoms with Crippen LogP contribution in [0.15, 0.2) is 30.3 Å². The van der Waals surface area contributed by atoms with Crippen molar-refractivity contribution in [3.8, 4) is 0 Å². The highest BCUT2D eigenvalue weighted by atomic mass is 16.2. The van der Waals surface area contributed by atoms with E-state index in [2.05, 4.69) is 45.4 Å². The predicted molar refractivity (Wildman–Crippen MR) is 92.5 cm³/mol. The lowest BCUT2D eigenvalue weighted by atomic mass is 9.95. The summed E-state index contributed by atoms with van der Waals surface area (Å²) in [5.41, 5.74) is 1.29. The molecule has 124 valence electrons. The molecular formula is C19H27N3O. The van der Waals surface area contributed by atoms with Crippen LogP contribution in [0.5, 0.6) is 0 Å². The quantitative estimate of drug-likeness (QED) is 0.925. The number of hydrogen-bond donors (Lipinski definition) is 1. The van der Waals surface area contributed by atoms with Gasteiger partial charge in [0.2, 0.25) is 5.91 Å². The van der Waals surface area contributed by atoms with E-state index in [0.29, 0.717) is 12.6 Å². The highest BCUT2D eigenvalue weighted by molar-refractivity contribution is 5.78. The van der Waals surface area contributed by atoms with Crippen molar-refractivity contribution >= 4 is 11.6 Å². The smallest absolute Gasteiger partial charge is 0.234 e. The van der Waals surface area contributed by atoms with Crippen LogP contribution in [0.1, 0.15) is 25.7 Å². The van der Waals surface area contributed by atoms with Crippen molar-refractivity contribution < 1.29 is 4.79 Å². The Labute approximate surface area is 138 Å². The zero-order chi connectivity index (χ0) is 15.6. The standard InChI is InChI=1S/C19H27N3O/c23-19(20-18-13-15-6-7-16(18)12-15)14-21-8-10-22(11-9-21)17-4-2-1-3-5-17/h1-5,15-16,18H,6-14H2,(H,20,23). The molecule has 4 nitrogen and oxygen atoms in total. The summed E-state index contributed by atoms with van der Waals surface area (Å²) in [5, 5.41) is 3.31. The molecule has 3 aliphatic rings. The fraction of sp³-hybridized carbons (Fsp3) is 0.632. The third-order valence-corrected chi connectivity index (χ3v) is 5.95. The molecule has 4 rings (SSSR count). The summed E-state index contributed by atoms with van der Waals surface area (Å²) < 4.78 is 0. The van der Waals surface area contributed by atoms with Gasteiger partial charge in [-0.05, 0) is 43.2 Å². The molecular weight excluding hydrogens is 286 g/mol. The van der Waals surface area contributed by atoms with Crippen molar-refractivity contribution in [2.24, 2.45) is 11.8 Å². The molecule has 0 aromatic heterocycles. The maximum absolute atomic E-state index is 12.3. The fourth-order valence-corrected chi connectivity index (χ4v) is 4.68. The Morgan fingerprint density at radius 3 is 2.48 bits per heavy atom. The third-order valence-electron chi connectivity index (χ3n) is 5.95. The minimum atomic E-state index is 0.232. The van der Waals surface area contributed by atoms with E-state index < -0.39 is 0 Å². The number of amides is 1. The number of carbonyl (C=O) groups is 1. The van der Waals surface area contributed by atoms with Gasteiger partial charge in [-0.2, -0.15) is 0 Å². The Kier molecular flexibility index (Phi) is 4.25. The topological polar surface area (TPSA) is 35.6 Å². The molecule has 1 N–H and O–H groups in total. The van der Waals surface area contributed by atoms with Gasteiger partial charge >= 0.3 is 0 Å². The Morgan fingerprint density at radius 2 is 1.83 bits per heavy atom. The van der Waals surface area contributed by atoms with Crippen molar-refractivity contribution in [3.05, 3.63) is 30.3 Å². The Bertz CT molecular complexity index is 539. The molecule has 2 aliphatic carbocycles. The van der Waals surface area contributed by atoms with E-state index in [4.69, 9.17) is 0 Å². The molecule has 23 heavy (non-hydrogen) atoms. The second kappa shape index (κ2) is 6.52. The van der Waals surface area contributed by atoms with E-state index in [0.717, 1.165) is 38.0 Å². The minimum absolute atomic E-state index is 0.232. The van der Waals surface area contributed by atoms with E-state index in [1.165, 1.54) is 31.4 Å². The van der Waals surface area contributed by atoms with E-state index >= 15 is 0 Å². The average Bonchev–Trinajstić information content (AvgIpc) is 3.19. The minimum Gasteiger partial charge on any atom is -0.369 e. The van der Waals surface area contributed by atoms with Gasteiger partial charge in [0.1, 0.15) is 0 Å². The molecule has 3 atom stereocenters. The number of nitrogens with one attached hydrogen (secondary N) is 1. The molecule has 2 bridgehead atoms. The van der Waals surface area contributed by atoms with Crippen molar-refractivity contribution in [1.29, 1.82) is 0 Å². The number of piperazine rings is 1. The lowest BCUT2D eigenvalue weighted by molar-refractivity contribution is -0.123. The SMILES string of the molecule is O=C(CN1CCN(c2ccccc2)CC1)NC1CC2CCC1C2. The third kappa shape index (κ3) is 3.37. The normalized spacial score (nSPS) is 30.6. The van der Waals surface area contributed by atoms with Crippen molar-refractivity contribution in [2.45, 2.75) is 31.7 Å². The summed E-state index contributed by atoms with van der Waals surface area (Å²) in [6.07, 6.45) is 5.28. The van der Waals surface area contributed by atoms with Crippen LogP contribution in [0.3, 0.4) is 0 Å². The molecule has 2 saturated carbocycles. The van der Waals surface area contributed by atoms with Gasteiger partial charge in [0.25, 0.3) is 0 Å². The molecule has 1 amide bonds. The molecule has 1 saturated heterocycles. The van der Waals surface area contributed by atoms with Crippen LogP contribution >= 0.6 is 0 Å². The first kappa shape index (κ1) is 15.0. The molecule has 1 aromatic carbocycles. The summed E-state index contributed by atoms with van der Waals surface area (Å²) in [6, 6.07) is 11.0. The van der Waals surface area contributed by atoms with Gasteiger partial charge < -0.3 is 10.2 Å². The lowest BCUT2D eigenvalue weighted by Crippen LogP contribution is -2.51. The molecule has 0 radical (unpaired) electrons. The Morgan fingerprint density at radius 1 is 1.04 bits per heavy atom. The van der Waals surface area contributed by atoms with Gasteiger partial charge in [0.05, 0.1) is 6.54 Å². The van der Waals surface area contributed by atoms with E-state index in [1.807, 2.05) is 0 Å². The first-order valence-corrected chi connectivity index (χ1v) is 9.09. The summed E-state index contributed by atoms with van der Waals surface area (Å²) in [5.74, 6) is 1.88.